The van der Waals surface area contributed by atoms with Gasteiger partial charge in [-0.3, -0.25) is 0 Å². The number of piperidine rings is 1. The van der Waals surface area contributed by atoms with E-state index in [9.17, 15) is 0 Å². The normalized spacial score (nSPS) is 25.9. The van der Waals surface area contributed by atoms with Crippen molar-refractivity contribution < 1.29 is 0 Å². The molecule has 1 aliphatic rings. The number of hydrogen-bond acceptors (Lipinski definition) is 2. The number of anilines is 1. The molecule has 0 spiro atoms. The van der Waals surface area contributed by atoms with Crippen LogP contribution in [0.1, 0.15) is 19.8 Å². The summed E-state index contributed by atoms with van der Waals surface area (Å²) in [6.45, 7) is 3.25. The molecule has 1 aromatic carbocycles. The Morgan fingerprint density at radius 1 is 1.50 bits per heavy atom. The van der Waals surface area contributed by atoms with Crippen LogP contribution in [0.5, 0.6) is 0 Å². The van der Waals surface area contributed by atoms with Gasteiger partial charge in [-0.25, -0.2) is 0 Å². The minimum Gasteiger partial charge on any atom is -0.369 e. The van der Waals surface area contributed by atoms with Crippen LogP contribution in [0.2, 0.25) is 5.02 Å². The highest BCUT2D eigenvalue weighted by atomic mass is 79.9. The molecule has 2 unspecified atom stereocenters. The molecular weight excluding hydrogens is 288 g/mol. The summed E-state index contributed by atoms with van der Waals surface area (Å²) < 4.78 is 0.953. The van der Waals surface area contributed by atoms with Crippen LogP contribution >= 0.6 is 27.5 Å². The number of halogens is 2. The van der Waals surface area contributed by atoms with Crippen molar-refractivity contribution in [1.29, 1.82) is 0 Å². The minimum atomic E-state index is 0.349. The summed E-state index contributed by atoms with van der Waals surface area (Å²) in [4.78, 5) is 2.39. The van der Waals surface area contributed by atoms with Gasteiger partial charge in [0.1, 0.15) is 0 Å². The van der Waals surface area contributed by atoms with Crippen molar-refractivity contribution in [2.75, 3.05) is 11.4 Å². The highest BCUT2D eigenvalue weighted by molar-refractivity contribution is 9.10. The summed E-state index contributed by atoms with van der Waals surface area (Å²) in [5.41, 5.74) is 7.18. The lowest BCUT2D eigenvalue weighted by Gasteiger charge is -2.38. The molecule has 0 aliphatic carbocycles. The molecule has 4 heteroatoms. The smallest absolute Gasteiger partial charge is 0.0549 e. The van der Waals surface area contributed by atoms with Gasteiger partial charge in [-0.05, 0) is 53.9 Å². The van der Waals surface area contributed by atoms with Crippen LogP contribution in [-0.2, 0) is 0 Å². The molecule has 2 atom stereocenters. The molecule has 1 saturated heterocycles. The number of benzene rings is 1. The Morgan fingerprint density at radius 2 is 2.25 bits per heavy atom. The van der Waals surface area contributed by atoms with E-state index in [1.54, 1.807) is 0 Å². The van der Waals surface area contributed by atoms with Crippen LogP contribution in [0.25, 0.3) is 0 Å². The molecule has 1 heterocycles. The van der Waals surface area contributed by atoms with Crippen molar-refractivity contribution in [2.45, 2.75) is 31.8 Å². The number of nitrogens with two attached hydrogens (primary N) is 1. The second kappa shape index (κ2) is 4.94. The molecule has 88 valence electrons. The van der Waals surface area contributed by atoms with Crippen LogP contribution < -0.4 is 10.6 Å². The third-order valence-corrected chi connectivity index (χ3v) is 4.37. The molecule has 1 aromatic rings. The molecule has 0 bridgehead atoms. The lowest BCUT2D eigenvalue weighted by atomic mass is 9.98. The Balaban J connectivity index is 2.20. The van der Waals surface area contributed by atoms with Crippen molar-refractivity contribution in [1.82, 2.24) is 0 Å². The van der Waals surface area contributed by atoms with Gasteiger partial charge in [-0.2, -0.15) is 0 Å². The Kier molecular flexibility index (Phi) is 3.77. The fraction of sp³-hybridized carbons (Fsp3) is 0.500. The maximum Gasteiger partial charge on any atom is 0.0549 e. The summed E-state index contributed by atoms with van der Waals surface area (Å²) >= 11 is 9.45. The average Bonchev–Trinajstić information content (AvgIpc) is 2.22. The molecule has 0 radical (unpaired) electrons. The first-order chi connectivity index (χ1) is 7.58. The van der Waals surface area contributed by atoms with Gasteiger partial charge in [0, 0.05) is 28.8 Å². The maximum absolute atomic E-state index is 5.99. The van der Waals surface area contributed by atoms with Gasteiger partial charge in [0.15, 0.2) is 0 Å². The molecule has 2 nitrogen and oxygen atoms in total. The monoisotopic (exact) mass is 302 g/mol. The molecule has 16 heavy (non-hydrogen) atoms. The molecule has 0 amide bonds. The summed E-state index contributed by atoms with van der Waals surface area (Å²) in [6.07, 6.45) is 2.12. The van der Waals surface area contributed by atoms with Crippen molar-refractivity contribution in [3.8, 4) is 0 Å². The zero-order chi connectivity index (χ0) is 11.7. The van der Waals surface area contributed by atoms with Gasteiger partial charge in [0.05, 0.1) is 5.02 Å². The van der Waals surface area contributed by atoms with Gasteiger partial charge in [-0.1, -0.05) is 11.6 Å². The van der Waals surface area contributed by atoms with E-state index in [1.807, 2.05) is 6.07 Å². The van der Waals surface area contributed by atoms with Crippen LogP contribution in [0.4, 0.5) is 5.69 Å². The van der Waals surface area contributed by atoms with E-state index < -0.39 is 0 Å². The molecule has 2 N–H and O–H groups in total. The van der Waals surface area contributed by atoms with Crippen LogP contribution in [-0.4, -0.2) is 18.6 Å². The second-order valence-electron chi connectivity index (χ2n) is 4.43. The Hall–Kier alpha value is -0.250. The summed E-state index contributed by atoms with van der Waals surface area (Å²) in [7, 11) is 0. The highest BCUT2D eigenvalue weighted by Crippen LogP contribution is 2.30. The zero-order valence-corrected chi connectivity index (χ0v) is 11.6. The first-order valence-corrected chi connectivity index (χ1v) is 6.72. The summed E-state index contributed by atoms with van der Waals surface area (Å²) in [5.74, 6) is 0. The standard InChI is InChI=1S/C12H16BrClN2/c1-8-6-9(15)4-5-16(8)10-2-3-12(14)11(13)7-10/h2-3,7-9H,4-6,15H2,1H3. The van der Waals surface area contributed by atoms with E-state index in [4.69, 9.17) is 17.3 Å². The van der Waals surface area contributed by atoms with E-state index in [0.717, 1.165) is 28.9 Å². The Morgan fingerprint density at radius 3 is 2.88 bits per heavy atom. The van der Waals surface area contributed by atoms with E-state index in [1.165, 1.54) is 5.69 Å². The maximum atomic E-state index is 5.99. The topological polar surface area (TPSA) is 29.3 Å². The molecule has 0 aromatic heterocycles. The fourth-order valence-electron chi connectivity index (χ4n) is 2.26. The number of nitrogens with zero attached hydrogens (tertiary/aromatic N) is 1. The average molecular weight is 304 g/mol. The van der Waals surface area contributed by atoms with E-state index in [0.29, 0.717) is 12.1 Å². The van der Waals surface area contributed by atoms with Crippen LogP contribution in [0.3, 0.4) is 0 Å². The van der Waals surface area contributed by atoms with Crippen LogP contribution in [0.15, 0.2) is 22.7 Å². The highest BCUT2D eigenvalue weighted by Gasteiger charge is 2.23. The first-order valence-electron chi connectivity index (χ1n) is 5.55. The Labute approximate surface area is 110 Å². The van der Waals surface area contributed by atoms with Gasteiger partial charge < -0.3 is 10.6 Å². The third kappa shape index (κ3) is 2.53. The van der Waals surface area contributed by atoms with Crippen molar-refractivity contribution in [2.24, 2.45) is 5.73 Å². The van der Waals surface area contributed by atoms with Crippen LogP contribution in [0, 0.1) is 0 Å². The second-order valence-corrected chi connectivity index (χ2v) is 5.69. The van der Waals surface area contributed by atoms with Gasteiger partial charge in [0.2, 0.25) is 0 Å². The lowest BCUT2D eigenvalue weighted by molar-refractivity contribution is 0.430. The molecule has 2 rings (SSSR count). The van der Waals surface area contributed by atoms with Crippen molar-refractivity contribution in [3.05, 3.63) is 27.7 Å². The minimum absolute atomic E-state index is 0.349. The van der Waals surface area contributed by atoms with Gasteiger partial charge in [0.25, 0.3) is 0 Å². The predicted molar refractivity (Wildman–Crippen MR) is 73.2 cm³/mol. The van der Waals surface area contributed by atoms with Gasteiger partial charge in [-0.15, -0.1) is 0 Å². The summed E-state index contributed by atoms with van der Waals surface area (Å²) in [6, 6.07) is 6.93. The molecule has 0 saturated carbocycles. The number of rotatable bonds is 1. The SMILES string of the molecule is CC1CC(N)CCN1c1ccc(Cl)c(Br)c1. The zero-order valence-electron chi connectivity index (χ0n) is 9.29. The predicted octanol–water partition coefficient (Wildman–Crippen LogP) is 3.42. The van der Waals surface area contributed by atoms with E-state index in [2.05, 4.69) is 39.9 Å². The third-order valence-electron chi connectivity index (χ3n) is 3.15. The number of hydrogen-bond donors (Lipinski definition) is 1. The molecule has 1 aliphatic heterocycles. The molecular formula is C12H16BrClN2. The summed E-state index contributed by atoms with van der Waals surface area (Å²) in [5, 5.41) is 0.755. The quantitative estimate of drug-likeness (QED) is 0.861. The van der Waals surface area contributed by atoms with Crippen molar-refractivity contribution >= 4 is 33.2 Å². The van der Waals surface area contributed by atoms with E-state index in [-0.39, 0.29) is 0 Å². The first kappa shape index (κ1) is 12.2. The van der Waals surface area contributed by atoms with Crippen molar-refractivity contribution in [3.63, 3.8) is 0 Å². The van der Waals surface area contributed by atoms with E-state index >= 15 is 0 Å². The van der Waals surface area contributed by atoms with Gasteiger partial charge >= 0.3 is 0 Å². The Bertz CT molecular complexity index is 383. The largest absolute Gasteiger partial charge is 0.369 e. The fourth-order valence-corrected chi connectivity index (χ4v) is 2.74. The lowest BCUT2D eigenvalue weighted by Crippen LogP contribution is -2.45. The molecule has 1 fully saturated rings.